The van der Waals surface area contributed by atoms with E-state index in [4.69, 9.17) is 16.3 Å². The molecule has 0 saturated carbocycles. The van der Waals surface area contributed by atoms with E-state index in [1.165, 1.54) is 25.3 Å². The molecule has 1 aromatic rings. The van der Waals surface area contributed by atoms with Gasteiger partial charge in [0.2, 0.25) is 5.91 Å². The third-order valence-corrected chi connectivity index (χ3v) is 3.55. The lowest BCUT2D eigenvalue weighted by Crippen LogP contribution is -2.34. The van der Waals surface area contributed by atoms with E-state index in [9.17, 15) is 14.0 Å². The third kappa shape index (κ3) is 2.54. The Kier molecular flexibility index (Phi) is 4.09. The van der Waals surface area contributed by atoms with Crippen LogP contribution in [0.5, 0.6) is 0 Å². The minimum atomic E-state index is -0.745. The molecule has 1 heterocycles. The van der Waals surface area contributed by atoms with E-state index in [2.05, 4.69) is 5.32 Å². The quantitative estimate of drug-likeness (QED) is 0.854. The second-order valence-corrected chi connectivity index (χ2v) is 4.88. The van der Waals surface area contributed by atoms with Gasteiger partial charge in [0.05, 0.1) is 12.7 Å². The van der Waals surface area contributed by atoms with Gasteiger partial charge in [0.25, 0.3) is 0 Å². The fraction of sp³-hybridized carbons (Fsp3) is 0.286. The first kappa shape index (κ1) is 14.5. The SMILES string of the molecule is COC(=O)C1=C(C)NC(=O)CC1c1c(F)cccc1Cl. The number of benzene rings is 1. The molecule has 0 bridgehead atoms. The van der Waals surface area contributed by atoms with Gasteiger partial charge in [-0.2, -0.15) is 0 Å². The number of hydrogen-bond donors (Lipinski definition) is 1. The zero-order valence-electron chi connectivity index (χ0n) is 11.0. The monoisotopic (exact) mass is 297 g/mol. The largest absolute Gasteiger partial charge is 0.466 e. The minimum Gasteiger partial charge on any atom is -0.466 e. The van der Waals surface area contributed by atoms with E-state index < -0.39 is 17.7 Å². The van der Waals surface area contributed by atoms with E-state index in [1.807, 2.05) is 0 Å². The summed E-state index contributed by atoms with van der Waals surface area (Å²) in [4.78, 5) is 23.6. The predicted molar refractivity (Wildman–Crippen MR) is 71.6 cm³/mol. The number of hydrogen-bond acceptors (Lipinski definition) is 3. The average molecular weight is 298 g/mol. The van der Waals surface area contributed by atoms with Crippen LogP contribution in [-0.2, 0) is 14.3 Å². The Morgan fingerprint density at radius 2 is 2.20 bits per heavy atom. The second-order valence-electron chi connectivity index (χ2n) is 4.47. The zero-order chi connectivity index (χ0) is 14.9. The van der Waals surface area contributed by atoms with E-state index in [0.717, 1.165) is 0 Å². The van der Waals surface area contributed by atoms with Crippen molar-refractivity contribution in [2.24, 2.45) is 0 Å². The van der Waals surface area contributed by atoms with Crippen molar-refractivity contribution >= 4 is 23.5 Å². The molecule has 1 aliphatic heterocycles. The van der Waals surface area contributed by atoms with E-state index in [-0.39, 0.29) is 28.5 Å². The summed E-state index contributed by atoms with van der Waals surface area (Å²) in [6, 6.07) is 4.24. The number of carbonyl (C=O) groups is 2. The van der Waals surface area contributed by atoms with Crippen LogP contribution in [0.1, 0.15) is 24.8 Å². The van der Waals surface area contributed by atoms with E-state index in [0.29, 0.717) is 5.70 Å². The molecule has 1 atom stereocenters. The molecule has 0 spiro atoms. The second kappa shape index (κ2) is 5.63. The smallest absolute Gasteiger partial charge is 0.336 e. The lowest BCUT2D eigenvalue weighted by atomic mass is 9.84. The van der Waals surface area contributed by atoms with E-state index >= 15 is 0 Å². The Morgan fingerprint density at radius 3 is 2.80 bits per heavy atom. The van der Waals surface area contributed by atoms with Gasteiger partial charge in [-0.1, -0.05) is 17.7 Å². The average Bonchev–Trinajstić information content (AvgIpc) is 2.37. The molecule has 2 rings (SSSR count). The Balaban J connectivity index is 2.60. The summed E-state index contributed by atoms with van der Waals surface area (Å²) in [6.07, 6.45) is -0.0531. The molecule has 4 nitrogen and oxygen atoms in total. The number of allylic oxidation sites excluding steroid dienone is 1. The lowest BCUT2D eigenvalue weighted by molar-refractivity contribution is -0.136. The maximum Gasteiger partial charge on any atom is 0.336 e. The van der Waals surface area contributed by atoms with Gasteiger partial charge in [-0.15, -0.1) is 0 Å². The fourth-order valence-corrected chi connectivity index (χ4v) is 2.67. The molecule has 106 valence electrons. The highest BCUT2D eigenvalue weighted by Gasteiger charge is 2.35. The lowest BCUT2D eigenvalue weighted by Gasteiger charge is -2.27. The van der Waals surface area contributed by atoms with Crippen LogP contribution < -0.4 is 5.32 Å². The predicted octanol–water partition coefficient (Wildman–Crippen LogP) is 2.53. The van der Waals surface area contributed by atoms with Gasteiger partial charge >= 0.3 is 5.97 Å². The van der Waals surface area contributed by atoms with Crippen LogP contribution in [0, 0.1) is 5.82 Å². The summed E-state index contributed by atoms with van der Waals surface area (Å²) in [7, 11) is 1.24. The molecular weight excluding hydrogens is 285 g/mol. The molecule has 0 fully saturated rings. The van der Waals surface area contributed by atoms with Gasteiger partial charge in [0.1, 0.15) is 5.82 Å². The summed E-state index contributed by atoms with van der Waals surface area (Å²) in [6.45, 7) is 1.57. The van der Waals surface area contributed by atoms with Crippen LogP contribution >= 0.6 is 11.6 Å². The standard InChI is InChI=1S/C14H13ClFNO3/c1-7-12(14(19)20-2)8(6-11(18)17-7)13-9(15)4-3-5-10(13)16/h3-5,8H,6H2,1-2H3,(H,17,18). The van der Waals surface area contributed by atoms with Gasteiger partial charge in [0, 0.05) is 28.6 Å². The van der Waals surface area contributed by atoms with Crippen molar-refractivity contribution in [3.63, 3.8) is 0 Å². The topological polar surface area (TPSA) is 55.4 Å². The first-order valence-electron chi connectivity index (χ1n) is 5.98. The molecular formula is C14H13ClFNO3. The van der Waals surface area contributed by atoms with Gasteiger partial charge in [-0.25, -0.2) is 9.18 Å². The molecule has 0 aromatic heterocycles. The molecule has 20 heavy (non-hydrogen) atoms. The summed E-state index contributed by atoms with van der Waals surface area (Å²) >= 11 is 6.03. The Labute approximate surface area is 120 Å². The number of halogens is 2. The van der Waals surface area contributed by atoms with Crippen molar-refractivity contribution in [2.45, 2.75) is 19.3 Å². The normalized spacial score (nSPS) is 18.8. The summed E-state index contributed by atoms with van der Waals surface area (Å²) in [5.74, 6) is -2.19. The van der Waals surface area contributed by atoms with Crippen LogP contribution in [0.4, 0.5) is 4.39 Å². The number of esters is 1. The first-order chi connectivity index (χ1) is 9.45. The number of nitrogens with one attached hydrogen (secondary N) is 1. The van der Waals surface area contributed by atoms with Crippen molar-refractivity contribution in [1.29, 1.82) is 0 Å². The van der Waals surface area contributed by atoms with Crippen LogP contribution in [0.25, 0.3) is 0 Å². The van der Waals surface area contributed by atoms with Crippen molar-refractivity contribution in [1.82, 2.24) is 5.32 Å². The Morgan fingerprint density at radius 1 is 1.50 bits per heavy atom. The van der Waals surface area contributed by atoms with Crippen molar-refractivity contribution in [3.8, 4) is 0 Å². The highest BCUT2D eigenvalue weighted by molar-refractivity contribution is 6.31. The minimum absolute atomic E-state index is 0.0531. The van der Waals surface area contributed by atoms with E-state index in [1.54, 1.807) is 6.92 Å². The number of carbonyl (C=O) groups excluding carboxylic acids is 2. The summed E-state index contributed by atoms with van der Waals surface area (Å²) in [5.41, 5.74) is 0.722. The van der Waals surface area contributed by atoms with Gasteiger partial charge in [-0.05, 0) is 19.1 Å². The van der Waals surface area contributed by atoms with Gasteiger partial charge < -0.3 is 10.1 Å². The fourth-order valence-electron chi connectivity index (χ4n) is 2.37. The number of methoxy groups -OCH3 is 1. The molecule has 0 aliphatic carbocycles. The molecule has 0 saturated heterocycles. The highest BCUT2D eigenvalue weighted by Crippen LogP contribution is 2.38. The number of amides is 1. The van der Waals surface area contributed by atoms with Gasteiger partial charge in [-0.3, -0.25) is 4.79 Å². The maximum absolute atomic E-state index is 14.0. The van der Waals surface area contributed by atoms with Crippen LogP contribution in [0.3, 0.4) is 0 Å². The summed E-state index contributed by atoms with van der Waals surface area (Å²) in [5, 5.41) is 2.74. The van der Waals surface area contributed by atoms with Crippen molar-refractivity contribution in [2.75, 3.05) is 7.11 Å². The third-order valence-electron chi connectivity index (χ3n) is 3.22. The van der Waals surface area contributed by atoms with Crippen molar-refractivity contribution < 1.29 is 18.7 Å². The molecule has 1 amide bonds. The Bertz CT molecular complexity index is 592. The number of ether oxygens (including phenoxy) is 1. The molecule has 1 unspecified atom stereocenters. The number of rotatable bonds is 2. The molecule has 1 aliphatic rings. The molecule has 6 heteroatoms. The van der Waals surface area contributed by atoms with Crippen LogP contribution in [0.2, 0.25) is 5.02 Å². The van der Waals surface area contributed by atoms with Crippen LogP contribution in [0.15, 0.2) is 29.5 Å². The molecule has 1 aromatic carbocycles. The van der Waals surface area contributed by atoms with Crippen LogP contribution in [-0.4, -0.2) is 19.0 Å². The first-order valence-corrected chi connectivity index (χ1v) is 6.36. The maximum atomic E-state index is 14.0. The Hall–Kier alpha value is -1.88. The van der Waals surface area contributed by atoms with Crippen molar-refractivity contribution in [3.05, 3.63) is 45.9 Å². The molecule has 1 N–H and O–H groups in total. The van der Waals surface area contributed by atoms with Gasteiger partial charge in [0.15, 0.2) is 0 Å². The molecule has 0 radical (unpaired) electrons. The zero-order valence-corrected chi connectivity index (χ0v) is 11.8. The summed E-state index contributed by atoms with van der Waals surface area (Å²) < 4.78 is 18.8. The highest BCUT2D eigenvalue weighted by atomic mass is 35.5.